The molecule has 212 valence electrons. The first-order chi connectivity index (χ1) is 19.1. The summed E-state index contributed by atoms with van der Waals surface area (Å²) in [6, 6.07) is 8.32. The van der Waals surface area contributed by atoms with Gasteiger partial charge in [0.05, 0.1) is 29.6 Å². The second kappa shape index (κ2) is 12.8. The van der Waals surface area contributed by atoms with Crippen LogP contribution >= 0.6 is 0 Å². The molecule has 1 aliphatic heterocycles. The molecule has 0 radical (unpaired) electrons. The van der Waals surface area contributed by atoms with Crippen molar-refractivity contribution in [2.75, 3.05) is 13.1 Å². The van der Waals surface area contributed by atoms with Crippen molar-refractivity contribution < 1.29 is 8.78 Å². The molecule has 0 spiro atoms. The van der Waals surface area contributed by atoms with Crippen LogP contribution in [0.5, 0.6) is 0 Å². The highest BCUT2D eigenvalue weighted by atomic mass is 19.1. The summed E-state index contributed by atoms with van der Waals surface area (Å²) in [4.78, 5) is 7.11. The molecule has 0 amide bonds. The lowest BCUT2D eigenvalue weighted by atomic mass is 9.96. The summed E-state index contributed by atoms with van der Waals surface area (Å²) in [6.45, 7) is 18.2. The Kier molecular flexibility index (Phi) is 9.45. The Morgan fingerprint density at radius 2 is 2.00 bits per heavy atom. The van der Waals surface area contributed by atoms with Gasteiger partial charge in [-0.15, -0.1) is 0 Å². The Morgan fingerprint density at radius 3 is 2.65 bits per heavy atom. The second-order valence-electron chi connectivity index (χ2n) is 11.6. The number of hydrogen-bond acceptors (Lipinski definition) is 3. The summed E-state index contributed by atoms with van der Waals surface area (Å²) in [6.07, 6.45) is 6.65. The predicted molar refractivity (Wildman–Crippen MR) is 162 cm³/mol. The highest BCUT2D eigenvalue weighted by Gasteiger charge is 2.24. The molecule has 6 heteroatoms. The van der Waals surface area contributed by atoms with E-state index >= 15 is 0 Å². The lowest BCUT2D eigenvalue weighted by Crippen LogP contribution is -2.34. The van der Waals surface area contributed by atoms with E-state index in [9.17, 15) is 8.78 Å². The zero-order valence-corrected chi connectivity index (χ0v) is 24.4. The summed E-state index contributed by atoms with van der Waals surface area (Å²) >= 11 is 0. The van der Waals surface area contributed by atoms with Crippen LogP contribution < -0.4 is 10.6 Å². The van der Waals surface area contributed by atoms with Gasteiger partial charge in [0, 0.05) is 37.1 Å². The number of nitrogens with zero attached hydrogens (tertiary/aromatic N) is 4. The van der Waals surface area contributed by atoms with Crippen LogP contribution in [0.2, 0.25) is 0 Å². The highest BCUT2D eigenvalue weighted by molar-refractivity contribution is 5.99. The zero-order valence-electron chi connectivity index (χ0n) is 24.4. The molecule has 4 nitrogen and oxygen atoms in total. The van der Waals surface area contributed by atoms with Crippen LogP contribution in [0.1, 0.15) is 75.3 Å². The van der Waals surface area contributed by atoms with Crippen LogP contribution in [0, 0.1) is 24.2 Å². The predicted octanol–water partition coefficient (Wildman–Crippen LogP) is 6.70. The standard InChI is InChI=1S/C34H42F2N4/c1-22(13-14-37)9-12-29-19-34(40(27(29)6)20-28-10-11-28)25(4)38-33-18-31(17-30(24(33)3)16-23(2)35)26(5)39-15-7-8-32(36)21-39/h9,12,17-19,23,28,32H,5-8,10-11,13,15-16,20-21H2,1-4H3/b22-9+,29-12-,38-25+. The maximum atomic E-state index is 14.2. The monoisotopic (exact) mass is 544 g/mol. The molecule has 2 aliphatic rings. The van der Waals surface area contributed by atoms with E-state index in [1.165, 1.54) is 12.8 Å². The molecule has 2 aromatic rings. The fourth-order valence-corrected chi connectivity index (χ4v) is 5.38. The van der Waals surface area contributed by atoms with Gasteiger partial charge < -0.3 is 9.47 Å². The van der Waals surface area contributed by atoms with Crippen molar-refractivity contribution in [3.8, 4) is 6.07 Å². The van der Waals surface area contributed by atoms with E-state index in [1.54, 1.807) is 6.92 Å². The fraction of sp³-hybridized carbons (Fsp3) is 0.471. The maximum absolute atomic E-state index is 14.2. The number of rotatable bonds is 10. The summed E-state index contributed by atoms with van der Waals surface area (Å²) in [5.41, 5.74) is 7.11. The molecule has 2 unspecified atom stereocenters. The van der Waals surface area contributed by atoms with Gasteiger partial charge in [-0.2, -0.15) is 5.26 Å². The minimum Gasteiger partial charge on any atom is -0.369 e. The van der Waals surface area contributed by atoms with Crippen molar-refractivity contribution in [1.29, 1.82) is 5.26 Å². The van der Waals surface area contributed by atoms with Gasteiger partial charge in [-0.1, -0.05) is 30.9 Å². The first-order valence-electron chi connectivity index (χ1n) is 14.4. The first-order valence-corrected chi connectivity index (χ1v) is 14.4. The smallest absolute Gasteiger partial charge is 0.118 e. The van der Waals surface area contributed by atoms with Gasteiger partial charge in [0.25, 0.3) is 0 Å². The molecular formula is C34H42F2N4. The summed E-state index contributed by atoms with van der Waals surface area (Å²) in [5, 5.41) is 11.0. The Morgan fingerprint density at radius 1 is 1.25 bits per heavy atom. The lowest BCUT2D eigenvalue weighted by Gasteiger charge is -2.33. The third kappa shape index (κ3) is 7.18. The molecule has 2 heterocycles. The van der Waals surface area contributed by atoms with E-state index in [1.807, 2.05) is 50.0 Å². The van der Waals surface area contributed by atoms with Gasteiger partial charge in [-0.3, -0.25) is 4.99 Å². The number of alkyl halides is 2. The molecule has 0 N–H and O–H groups in total. The fourth-order valence-electron chi connectivity index (χ4n) is 5.38. The zero-order chi connectivity index (χ0) is 29.0. The van der Waals surface area contributed by atoms with E-state index in [0.29, 0.717) is 25.3 Å². The first kappa shape index (κ1) is 29.5. The largest absolute Gasteiger partial charge is 0.369 e. The van der Waals surface area contributed by atoms with Crippen molar-refractivity contribution in [1.82, 2.24) is 9.47 Å². The van der Waals surface area contributed by atoms with Crippen LogP contribution in [0.25, 0.3) is 18.4 Å². The number of halogens is 2. The Hall–Kier alpha value is -3.46. The molecule has 0 bridgehead atoms. The Labute approximate surface area is 237 Å². The molecule has 2 atom stereocenters. The SMILES string of the molecule is C=C(c1cc(CC(C)F)c(C)c(/N=C(\C)c2c/c(=C/C=C(\C)CC#N)c(=C)n2CC2CC2)c1)N1CCCC(F)C1. The van der Waals surface area contributed by atoms with E-state index in [0.717, 1.165) is 75.1 Å². The average molecular weight is 545 g/mol. The lowest BCUT2D eigenvalue weighted by molar-refractivity contribution is 0.188. The number of piperidine rings is 1. The molecule has 4 rings (SSSR count). The van der Waals surface area contributed by atoms with E-state index in [2.05, 4.69) is 29.9 Å². The maximum Gasteiger partial charge on any atom is 0.118 e. The Balaban J connectivity index is 1.78. The number of benzene rings is 1. The van der Waals surface area contributed by atoms with E-state index in [-0.39, 0.29) is 6.42 Å². The van der Waals surface area contributed by atoms with Gasteiger partial charge in [0.15, 0.2) is 0 Å². The van der Waals surface area contributed by atoms with Gasteiger partial charge in [0.1, 0.15) is 12.3 Å². The molecule has 1 aromatic carbocycles. The van der Waals surface area contributed by atoms with Crippen LogP contribution in [0.4, 0.5) is 14.5 Å². The Bertz CT molecular complexity index is 1470. The van der Waals surface area contributed by atoms with E-state index in [4.69, 9.17) is 10.3 Å². The third-order valence-electron chi connectivity index (χ3n) is 8.01. The van der Waals surface area contributed by atoms with Gasteiger partial charge in [0.2, 0.25) is 0 Å². The summed E-state index contributed by atoms with van der Waals surface area (Å²) in [7, 11) is 0. The molecule has 1 saturated carbocycles. The van der Waals surface area contributed by atoms with E-state index < -0.39 is 12.3 Å². The van der Waals surface area contributed by atoms with Crippen LogP contribution in [0.15, 0.2) is 41.4 Å². The molecular weight excluding hydrogens is 502 g/mol. The quantitative estimate of drug-likeness (QED) is 0.312. The van der Waals surface area contributed by atoms with Crippen molar-refractivity contribution in [3.63, 3.8) is 0 Å². The molecule has 2 fully saturated rings. The number of aromatic nitrogens is 1. The highest BCUT2D eigenvalue weighted by Crippen LogP contribution is 2.33. The third-order valence-corrected chi connectivity index (χ3v) is 8.01. The topological polar surface area (TPSA) is 44.3 Å². The van der Waals surface area contributed by atoms with Crippen LogP contribution in [-0.4, -0.2) is 40.6 Å². The number of allylic oxidation sites excluding steroid dienone is 2. The number of likely N-dealkylation sites (tertiary alicyclic amines) is 1. The molecule has 1 saturated heterocycles. The number of nitriles is 1. The van der Waals surface area contributed by atoms with Gasteiger partial charge in [-0.25, -0.2) is 8.78 Å². The summed E-state index contributed by atoms with van der Waals surface area (Å²) in [5.74, 6) is 0.651. The van der Waals surface area contributed by atoms with Crippen LogP contribution in [0.3, 0.4) is 0 Å². The average Bonchev–Trinajstić information content (AvgIpc) is 3.67. The van der Waals surface area contributed by atoms with Crippen molar-refractivity contribution in [2.45, 2.75) is 85.1 Å². The van der Waals surface area contributed by atoms with Gasteiger partial charge in [-0.05, 0) is 99.4 Å². The van der Waals surface area contributed by atoms with Crippen LogP contribution in [-0.2, 0) is 13.0 Å². The number of aliphatic imine (C=N–C) groups is 1. The van der Waals surface area contributed by atoms with Crippen molar-refractivity contribution >= 4 is 29.8 Å². The summed E-state index contributed by atoms with van der Waals surface area (Å²) < 4.78 is 30.7. The minimum absolute atomic E-state index is 0.287. The van der Waals surface area contributed by atoms with Crippen molar-refractivity contribution in [3.05, 3.63) is 69.4 Å². The van der Waals surface area contributed by atoms with Gasteiger partial charge >= 0.3 is 0 Å². The van der Waals surface area contributed by atoms with Crippen molar-refractivity contribution in [2.24, 2.45) is 10.9 Å². The molecule has 40 heavy (non-hydrogen) atoms. The molecule has 1 aromatic heterocycles. The normalized spacial score (nSPS) is 19.6. The second-order valence-corrected chi connectivity index (χ2v) is 11.6. The minimum atomic E-state index is -0.995. The molecule has 1 aliphatic carbocycles. The number of hydrogen-bond donors (Lipinski definition) is 0.